The summed E-state index contributed by atoms with van der Waals surface area (Å²) in [6, 6.07) is 3.36. The van der Waals surface area contributed by atoms with Gasteiger partial charge in [0.2, 0.25) is 0 Å². The molecule has 0 bridgehead atoms. The minimum Gasteiger partial charge on any atom is -0.406 e. The highest BCUT2D eigenvalue weighted by atomic mass is 32.1. The molecule has 0 fully saturated rings. The number of amides is 1. The first-order valence-electron chi connectivity index (χ1n) is 9.19. The first-order chi connectivity index (χ1) is 14.8. The van der Waals surface area contributed by atoms with Crippen molar-refractivity contribution in [2.75, 3.05) is 5.43 Å². The predicted octanol–water partition coefficient (Wildman–Crippen LogP) is 5.19. The maximum Gasteiger partial charge on any atom is 0.432 e. The molecule has 0 unspecified atom stereocenters. The van der Waals surface area contributed by atoms with E-state index in [0.29, 0.717) is 39.4 Å². The molecule has 11 heteroatoms. The maximum absolute atomic E-state index is 13.1. The third-order valence-corrected chi connectivity index (χ3v) is 5.34. The number of hydrogen-bond donors (Lipinski definition) is 1. The number of fused-ring (bicyclic) bond motifs is 1. The van der Waals surface area contributed by atoms with Crippen molar-refractivity contribution in [1.29, 1.82) is 0 Å². The van der Waals surface area contributed by atoms with Crippen LogP contribution in [0, 0.1) is 6.92 Å². The summed E-state index contributed by atoms with van der Waals surface area (Å²) in [6.45, 7) is 3.49. The fourth-order valence-corrected chi connectivity index (χ4v) is 3.64. The summed E-state index contributed by atoms with van der Waals surface area (Å²) in [5, 5.41) is 2.85. The zero-order chi connectivity index (χ0) is 22.2. The molecule has 0 radical (unpaired) electrons. The van der Waals surface area contributed by atoms with Crippen molar-refractivity contribution >= 4 is 28.3 Å². The Morgan fingerprint density at radius 3 is 2.74 bits per heavy atom. The normalized spacial score (nSPS) is 11.6. The van der Waals surface area contributed by atoms with E-state index in [2.05, 4.69) is 20.4 Å². The van der Waals surface area contributed by atoms with Crippen molar-refractivity contribution < 1.29 is 22.7 Å². The minimum absolute atomic E-state index is 0.157. The lowest BCUT2D eigenvalue weighted by Gasteiger charge is -2.11. The molecule has 3 aromatic heterocycles. The summed E-state index contributed by atoms with van der Waals surface area (Å²) in [5.74, 6) is 0.578. The summed E-state index contributed by atoms with van der Waals surface area (Å²) in [6.07, 6.45) is -0.197. The second-order valence-corrected chi connectivity index (χ2v) is 7.48. The first-order valence-corrected chi connectivity index (χ1v) is 10.1. The van der Waals surface area contributed by atoms with Gasteiger partial charge in [0.05, 0.1) is 23.0 Å². The van der Waals surface area contributed by atoms with E-state index in [9.17, 15) is 18.0 Å². The van der Waals surface area contributed by atoms with E-state index in [1.807, 2.05) is 6.92 Å². The van der Waals surface area contributed by atoms with E-state index in [1.165, 1.54) is 28.3 Å². The van der Waals surface area contributed by atoms with Crippen LogP contribution in [0.2, 0.25) is 0 Å². The highest BCUT2D eigenvalue weighted by molar-refractivity contribution is 7.12. The average molecular weight is 447 g/mol. The Morgan fingerprint density at radius 2 is 2.10 bits per heavy atom. The SMILES string of the molecule is CCc1cn(NC(=O)Oc2cnc(-c3nccs3)nc2C)c2ccc(C(F)(F)F)cc12. The molecule has 7 nitrogen and oxygen atoms in total. The van der Waals surface area contributed by atoms with E-state index in [4.69, 9.17) is 4.74 Å². The van der Waals surface area contributed by atoms with Gasteiger partial charge in [-0.1, -0.05) is 6.92 Å². The van der Waals surface area contributed by atoms with E-state index >= 15 is 0 Å². The van der Waals surface area contributed by atoms with Crippen LogP contribution in [0.1, 0.15) is 23.7 Å². The van der Waals surface area contributed by atoms with Crippen molar-refractivity contribution in [3.63, 3.8) is 0 Å². The lowest BCUT2D eigenvalue weighted by Crippen LogP contribution is -2.25. The molecule has 0 atom stereocenters. The van der Waals surface area contributed by atoms with Crippen LogP contribution in [0.25, 0.3) is 21.7 Å². The molecule has 0 saturated carbocycles. The van der Waals surface area contributed by atoms with Crippen LogP contribution >= 0.6 is 11.3 Å². The Labute approximate surface area is 178 Å². The van der Waals surface area contributed by atoms with Gasteiger partial charge in [-0.25, -0.2) is 25.2 Å². The number of rotatable bonds is 4. The van der Waals surface area contributed by atoms with Gasteiger partial charge in [-0.2, -0.15) is 13.2 Å². The number of carbonyl (C=O) groups is 1. The lowest BCUT2D eigenvalue weighted by atomic mass is 10.1. The molecular weight excluding hydrogens is 431 g/mol. The molecule has 4 rings (SSSR count). The van der Waals surface area contributed by atoms with Crippen molar-refractivity contribution in [3.05, 3.63) is 59.0 Å². The standard InChI is InChI=1S/C20H16F3N5O2S/c1-3-12-10-28(15-5-4-13(8-14(12)15)20(21,22)23)27-19(29)30-16-9-25-17(26-11(16)2)18-24-6-7-31-18/h4-10H,3H2,1-2H3,(H,27,29). The van der Waals surface area contributed by atoms with Crippen LogP contribution in [0.3, 0.4) is 0 Å². The van der Waals surface area contributed by atoms with Crippen LogP contribution in [-0.4, -0.2) is 25.7 Å². The second kappa shape index (κ2) is 7.99. The van der Waals surface area contributed by atoms with E-state index in [-0.39, 0.29) is 5.75 Å². The topological polar surface area (TPSA) is 81.9 Å². The van der Waals surface area contributed by atoms with Crippen LogP contribution in [0.4, 0.5) is 18.0 Å². The number of nitrogens with zero attached hydrogens (tertiary/aromatic N) is 4. The van der Waals surface area contributed by atoms with Gasteiger partial charge in [0.25, 0.3) is 0 Å². The fourth-order valence-electron chi connectivity index (χ4n) is 3.06. The number of benzene rings is 1. The van der Waals surface area contributed by atoms with Crippen LogP contribution in [0.5, 0.6) is 5.75 Å². The molecule has 0 saturated heterocycles. The molecule has 4 aromatic rings. The van der Waals surface area contributed by atoms with Gasteiger partial charge in [0.1, 0.15) is 0 Å². The number of nitrogens with one attached hydrogen (secondary N) is 1. The molecule has 3 heterocycles. The third kappa shape index (κ3) is 4.22. The minimum atomic E-state index is -4.45. The molecule has 0 aliphatic rings. The summed E-state index contributed by atoms with van der Waals surface area (Å²) >= 11 is 1.38. The van der Waals surface area contributed by atoms with E-state index < -0.39 is 17.8 Å². The number of halogens is 3. The van der Waals surface area contributed by atoms with Gasteiger partial charge < -0.3 is 4.74 Å². The summed E-state index contributed by atoms with van der Waals surface area (Å²) in [5.41, 5.74) is 3.30. The van der Waals surface area contributed by atoms with Gasteiger partial charge in [0.15, 0.2) is 16.6 Å². The Morgan fingerprint density at radius 1 is 1.29 bits per heavy atom. The van der Waals surface area contributed by atoms with Crippen molar-refractivity contribution in [2.45, 2.75) is 26.4 Å². The number of ether oxygens (including phenoxy) is 1. The quantitative estimate of drug-likeness (QED) is 0.466. The smallest absolute Gasteiger partial charge is 0.406 e. The zero-order valence-corrected chi connectivity index (χ0v) is 17.2. The van der Waals surface area contributed by atoms with Crippen molar-refractivity contribution in [1.82, 2.24) is 19.6 Å². The highest BCUT2D eigenvalue weighted by Crippen LogP contribution is 2.33. The number of carbonyl (C=O) groups excluding carboxylic acids is 1. The van der Waals surface area contributed by atoms with Gasteiger partial charge in [-0.3, -0.25) is 4.68 Å². The van der Waals surface area contributed by atoms with Gasteiger partial charge >= 0.3 is 12.3 Å². The first kappa shape index (κ1) is 20.8. The summed E-state index contributed by atoms with van der Waals surface area (Å²) in [4.78, 5) is 25.0. The molecule has 0 aliphatic heterocycles. The third-order valence-electron chi connectivity index (χ3n) is 4.57. The number of hydrogen-bond acceptors (Lipinski definition) is 6. The Balaban J connectivity index is 1.56. The summed E-state index contributed by atoms with van der Waals surface area (Å²) in [7, 11) is 0. The lowest BCUT2D eigenvalue weighted by molar-refractivity contribution is -0.137. The maximum atomic E-state index is 13.1. The second-order valence-electron chi connectivity index (χ2n) is 6.59. The van der Waals surface area contributed by atoms with Crippen LogP contribution in [-0.2, 0) is 12.6 Å². The summed E-state index contributed by atoms with van der Waals surface area (Å²) < 4.78 is 45.8. The molecule has 0 spiro atoms. The highest BCUT2D eigenvalue weighted by Gasteiger charge is 2.31. The predicted molar refractivity (Wildman–Crippen MR) is 110 cm³/mol. The fraction of sp³-hybridized carbons (Fsp3) is 0.200. The van der Waals surface area contributed by atoms with Crippen molar-refractivity contribution in [2.24, 2.45) is 0 Å². The largest absolute Gasteiger partial charge is 0.432 e. The Kier molecular flexibility index (Phi) is 5.36. The monoisotopic (exact) mass is 447 g/mol. The average Bonchev–Trinajstić information content (AvgIpc) is 3.37. The van der Waals surface area contributed by atoms with Gasteiger partial charge in [-0.05, 0) is 37.1 Å². The Bertz CT molecular complexity index is 1250. The van der Waals surface area contributed by atoms with Gasteiger partial charge in [0, 0.05) is 23.2 Å². The van der Waals surface area contributed by atoms with Crippen molar-refractivity contribution in [3.8, 4) is 16.6 Å². The molecule has 1 aromatic carbocycles. The molecular formula is C20H16F3N5O2S. The van der Waals surface area contributed by atoms with E-state index in [0.717, 1.165) is 12.1 Å². The zero-order valence-electron chi connectivity index (χ0n) is 16.4. The van der Waals surface area contributed by atoms with Crippen LogP contribution < -0.4 is 10.2 Å². The number of alkyl halides is 3. The van der Waals surface area contributed by atoms with Gasteiger partial charge in [-0.15, -0.1) is 11.3 Å². The number of thiazole rings is 1. The van der Waals surface area contributed by atoms with E-state index in [1.54, 1.807) is 24.7 Å². The number of aryl methyl sites for hydroxylation is 2. The molecule has 31 heavy (non-hydrogen) atoms. The molecule has 160 valence electrons. The number of aromatic nitrogens is 4. The van der Waals surface area contributed by atoms with Crippen LogP contribution in [0.15, 0.2) is 42.2 Å². The Hall–Kier alpha value is -3.47. The molecule has 1 N–H and O–H groups in total. The molecule has 1 amide bonds. The molecule has 0 aliphatic carbocycles.